The van der Waals surface area contributed by atoms with Gasteiger partial charge in [0, 0.05) is 24.3 Å². The Kier molecular flexibility index (Phi) is 4.54. The Morgan fingerprint density at radius 1 is 1.04 bits per heavy atom. The van der Waals surface area contributed by atoms with E-state index in [1.165, 1.54) is 21.2 Å². The molecule has 6 nitrogen and oxygen atoms in total. The summed E-state index contributed by atoms with van der Waals surface area (Å²) < 4.78 is 8.77. The molecule has 0 saturated carbocycles. The van der Waals surface area contributed by atoms with Crippen LogP contribution in [0, 0.1) is 6.92 Å². The van der Waals surface area contributed by atoms with Crippen LogP contribution in [0.4, 0.5) is 0 Å². The first-order chi connectivity index (χ1) is 13.1. The van der Waals surface area contributed by atoms with E-state index in [2.05, 4.69) is 35.0 Å². The van der Waals surface area contributed by atoms with Crippen LogP contribution in [0.2, 0.25) is 0 Å². The molecule has 1 amide bonds. The van der Waals surface area contributed by atoms with Crippen molar-refractivity contribution in [2.24, 2.45) is 0 Å². The predicted molar refractivity (Wildman–Crippen MR) is 105 cm³/mol. The van der Waals surface area contributed by atoms with Crippen LogP contribution in [0.5, 0.6) is 0 Å². The molecular formula is C21H21N3O3. The van der Waals surface area contributed by atoms with Crippen molar-refractivity contribution in [2.75, 3.05) is 6.54 Å². The number of carbonyl (C=O) groups excluding carboxylic acids is 1. The zero-order valence-electron chi connectivity index (χ0n) is 15.1. The van der Waals surface area contributed by atoms with Gasteiger partial charge < -0.3 is 14.3 Å². The number of para-hydroxylation sites is 3. The van der Waals surface area contributed by atoms with Gasteiger partial charge in [0.2, 0.25) is 5.91 Å². The fourth-order valence-electron chi connectivity index (χ4n) is 3.47. The molecule has 0 aliphatic carbocycles. The van der Waals surface area contributed by atoms with Gasteiger partial charge in [-0.2, -0.15) is 0 Å². The molecule has 4 aromatic rings. The van der Waals surface area contributed by atoms with Gasteiger partial charge in [0.1, 0.15) is 6.54 Å². The van der Waals surface area contributed by atoms with E-state index < -0.39 is 5.76 Å². The topological polar surface area (TPSA) is 69.2 Å². The number of rotatable bonds is 6. The van der Waals surface area contributed by atoms with E-state index in [1.807, 2.05) is 18.2 Å². The lowest BCUT2D eigenvalue weighted by Gasteiger charge is -2.09. The molecule has 4 rings (SSSR count). The summed E-state index contributed by atoms with van der Waals surface area (Å²) in [7, 11) is 0. The van der Waals surface area contributed by atoms with Gasteiger partial charge in [-0.3, -0.25) is 9.36 Å². The molecule has 0 saturated heterocycles. The molecule has 0 unspecified atom stereocenters. The van der Waals surface area contributed by atoms with Crippen molar-refractivity contribution in [1.29, 1.82) is 0 Å². The second-order valence-electron chi connectivity index (χ2n) is 6.62. The van der Waals surface area contributed by atoms with E-state index in [0.717, 1.165) is 13.0 Å². The second-order valence-corrected chi connectivity index (χ2v) is 6.62. The third kappa shape index (κ3) is 3.38. The largest absolute Gasteiger partial charge is 0.420 e. The maximum absolute atomic E-state index is 12.2. The molecule has 27 heavy (non-hydrogen) atoms. The summed E-state index contributed by atoms with van der Waals surface area (Å²) in [5.41, 5.74) is 3.54. The van der Waals surface area contributed by atoms with Crippen molar-refractivity contribution in [2.45, 2.75) is 26.4 Å². The van der Waals surface area contributed by atoms with Gasteiger partial charge in [0.15, 0.2) is 5.58 Å². The Bertz CT molecular complexity index is 1170. The van der Waals surface area contributed by atoms with E-state index in [1.54, 1.807) is 18.2 Å². The van der Waals surface area contributed by atoms with Crippen molar-refractivity contribution < 1.29 is 9.21 Å². The van der Waals surface area contributed by atoms with Crippen LogP contribution in [-0.4, -0.2) is 21.6 Å². The van der Waals surface area contributed by atoms with E-state index >= 15 is 0 Å². The lowest BCUT2D eigenvalue weighted by atomic mass is 10.2. The molecule has 0 aliphatic rings. The van der Waals surface area contributed by atoms with Crippen molar-refractivity contribution in [3.05, 3.63) is 70.8 Å². The molecular weight excluding hydrogens is 342 g/mol. The van der Waals surface area contributed by atoms with Crippen LogP contribution in [0.3, 0.4) is 0 Å². The maximum atomic E-state index is 12.2. The molecule has 2 heterocycles. The number of nitrogens with one attached hydrogen (secondary N) is 1. The average molecular weight is 363 g/mol. The number of hydrogen-bond acceptors (Lipinski definition) is 3. The Morgan fingerprint density at radius 2 is 1.78 bits per heavy atom. The monoisotopic (exact) mass is 363 g/mol. The van der Waals surface area contributed by atoms with Gasteiger partial charge in [0.25, 0.3) is 0 Å². The fraction of sp³-hybridized carbons (Fsp3) is 0.238. The van der Waals surface area contributed by atoms with E-state index in [0.29, 0.717) is 17.6 Å². The third-order valence-corrected chi connectivity index (χ3v) is 4.77. The minimum Gasteiger partial charge on any atom is -0.408 e. The highest BCUT2D eigenvalue weighted by Crippen LogP contribution is 2.19. The Labute approximate surface area is 156 Å². The number of nitrogens with zero attached hydrogens (tertiary/aromatic N) is 2. The first kappa shape index (κ1) is 17.1. The van der Waals surface area contributed by atoms with Crippen LogP contribution >= 0.6 is 0 Å². The Morgan fingerprint density at radius 3 is 2.63 bits per heavy atom. The van der Waals surface area contributed by atoms with Crippen molar-refractivity contribution >= 4 is 27.9 Å². The first-order valence-corrected chi connectivity index (χ1v) is 9.03. The molecule has 0 atom stereocenters. The first-order valence-electron chi connectivity index (χ1n) is 9.03. The molecule has 138 valence electrons. The molecule has 6 heteroatoms. The van der Waals surface area contributed by atoms with Gasteiger partial charge in [-0.15, -0.1) is 0 Å². The number of hydrogen-bond donors (Lipinski definition) is 1. The smallest absolute Gasteiger partial charge is 0.408 e. The Balaban J connectivity index is 1.35. The van der Waals surface area contributed by atoms with Gasteiger partial charge in [0.05, 0.1) is 5.52 Å². The summed E-state index contributed by atoms with van der Waals surface area (Å²) in [6.07, 6.45) is 0.812. The minimum absolute atomic E-state index is 0.0404. The second kappa shape index (κ2) is 7.15. The molecule has 0 bridgehead atoms. The number of carbonyl (C=O) groups is 1. The van der Waals surface area contributed by atoms with E-state index in [-0.39, 0.29) is 12.5 Å². The molecule has 0 spiro atoms. The lowest BCUT2D eigenvalue weighted by molar-refractivity contribution is -0.121. The van der Waals surface area contributed by atoms with Crippen molar-refractivity contribution in [3.8, 4) is 0 Å². The number of benzene rings is 2. The van der Waals surface area contributed by atoms with Crippen LogP contribution in [0.1, 0.15) is 12.1 Å². The fourth-order valence-corrected chi connectivity index (χ4v) is 3.47. The quantitative estimate of drug-likeness (QED) is 0.535. The normalized spacial score (nSPS) is 11.3. The summed E-state index contributed by atoms with van der Waals surface area (Å²) in [5, 5.41) is 4.12. The van der Waals surface area contributed by atoms with Crippen LogP contribution in [0.15, 0.2) is 63.8 Å². The highest BCUT2D eigenvalue weighted by atomic mass is 16.4. The lowest BCUT2D eigenvalue weighted by Crippen LogP contribution is -2.31. The van der Waals surface area contributed by atoms with Crippen LogP contribution < -0.4 is 11.1 Å². The summed E-state index contributed by atoms with van der Waals surface area (Å²) in [5.74, 6) is -0.710. The van der Waals surface area contributed by atoms with E-state index in [9.17, 15) is 9.59 Å². The average Bonchev–Trinajstić information content (AvgIpc) is 3.15. The number of aromatic nitrogens is 2. The van der Waals surface area contributed by atoms with Crippen LogP contribution in [-0.2, 0) is 17.9 Å². The molecule has 0 radical (unpaired) electrons. The third-order valence-electron chi connectivity index (χ3n) is 4.77. The van der Waals surface area contributed by atoms with Gasteiger partial charge in [-0.25, -0.2) is 4.79 Å². The summed E-state index contributed by atoms with van der Waals surface area (Å²) in [6, 6.07) is 17.6. The van der Waals surface area contributed by atoms with Gasteiger partial charge >= 0.3 is 5.76 Å². The predicted octanol–water partition coefficient (Wildman–Crippen LogP) is 3.06. The molecule has 1 N–H and O–H groups in total. The van der Waals surface area contributed by atoms with Crippen molar-refractivity contribution in [1.82, 2.24) is 14.5 Å². The summed E-state index contributed by atoms with van der Waals surface area (Å²) in [6.45, 7) is 3.43. The highest BCUT2D eigenvalue weighted by Gasteiger charge is 2.12. The standard InChI is InChI=1S/C21H21N3O3/c1-15-13-16-7-2-3-8-17(16)23(15)12-6-11-22-20(25)14-24-18-9-4-5-10-19(18)27-21(24)26/h2-5,7-10,13H,6,11-12,14H2,1H3,(H,22,25). The highest BCUT2D eigenvalue weighted by molar-refractivity contribution is 5.81. The zero-order chi connectivity index (χ0) is 18.8. The minimum atomic E-state index is -0.513. The molecule has 2 aromatic heterocycles. The summed E-state index contributed by atoms with van der Waals surface area (Å²) in [4.78, 5) is 24.2. The SMILES string of the molecule is Cc1cc2ccccc2n1CCCNC(=O)Cn1c(=O)oc2ccccc21. The molecule has 0 aliphatic heterocycles. The summed E-state index contributed by atoms with van der Waals surface area (Å²) >= 11 is 0. The van der Waals surface area contributed by atoms with E-state index in [4.69, 9.17) is 4.42 Å². The Hall–Kier alpha value is -3.28. The maximum Gasteiger partial charge on any atom is 0.420 e. The molecule has 2 aromatic carbocycles. The number of oxazole rings is 1. The van der Waals surface area contributed by atoms with Crippen molar-refractivity contribution in [3.63, 3.8) is 0 Å². The van der Waals surface area contributed by atoms with Gasteiger partial charge in [-0.05, 0) is 43.0 Å². The molecule has 0 fully saturated rings. The number of fused-ring (bicyclic) bond motifs is 2. The number of amides is 1. The number of aryl methyl sites for hydroxylation is 2. The zero-order valence-corrected chi connectivity index (χ0v) is 15.1. The van der Waals surface area contributed by atoms with Gasteiger partial charge in [-0.1, -0.05) is 30.3 Å². The van der Waals surface area contributed by atoms with Crippen LogP contribution in [0.25, 0.3) is 22.0 Å².